The summed E-state index contributed by atoms with van der Waals surface area (Å²) in [6.45, 7) is 3.57. The maximum absolute atomic E-state index is 9.32. The van der Waals surface area contributed by atoms with Crippen molar-refractivity contribution in [1.29, 1.82) is 0 Å². The summed E-state index contributed by atoms with van der Waals surface area (Å²) in [6.07, 6.45) is 14.4. The summed E-state index contributed by atoms with van der Waals surface area (Å²) in [7, 11) is 0. The molecule has 1 aromatic carbocycles. The van der Waals surface area contributed by atoms with Crippen molar-refractivity contribution in [2.75, 3.05) is 26.3 Å². The standard InChI is InChI=1S/C22H37NO2/c24-20-21-14-13-18-23(21)17-11-6-4-2-1-3-5-7-12-19-25-22-15-9-8-10-16-22/h8-10,15-16,21,24H,1-7,11-14,17-20H2. The van der Waals surface area contributed by atoms with Gasteiger partial charge in [0.2, 0.25) is 0 Å². The Kier molecular flexibility index (Phi) is 10.7. The minimum atomic E-state index is 0.344. The Hall–Kier alpha value is -1.06. The summed E-state index contributed by atoms with van der Waals surface area (Å²) in [4.78, 5) is 2.48. The molecule has 25 heavy (non-hydrogen) atoms. The van der Waals surface area contributed by atoms with Crippen molar-refractivity contribution in [2.24, 2.45) is 0 Å². The number of ether oxygens (including phenoxy) is 1. The van der Waals surface area contributed by atoms with Crippen LogP contribution in [0.25, 0.3) is 0 Å². The van der Waals surface area contributed by atoms with E-state index in [4.69, 9.17) is 4.74 Å². The van der Waals surface area contributed by atoms with Crippen LogP contribution in [0.1, 0.15) is 70.6 Å². The predicted molar refractivity (Wildman–Crippen MR) is 105 cm³/mol. The second kappa shape index (κ2) is 13.2. The molecule has 1 saturated heterocycles. The van der Waals surface area contributed by atoms with Gasteiger partial charge in [-0.2, -0.15) is 0 Å². The molecule has 3 nitrogen and oxygen atoms in total. The quantitative estimate of drug-likeness (QED) is 0.479. The second-order valence-corrected chi connectivity index (χ2v) is 7.36. The van der Waals surface area contributed by atoms with Crippen molar-refractivity contribution >= 4 is 0 Å². The second-order valence-electron chi connectivity index (χ2n) is 7.36. The fraction of sp³-hybridized carbons (Fsp3) is 0.727. The summed E-state index contributed by atoms with van der Waals surface area (Å²) < 4.78 is 5.72. The predicted octanol–water partition coefficient (Wildman–Crippen LogP) is 5.03. The molecular weight excluding hydrogens is 310 g/mol. The zero-order valence-electron chi connectivity index (χ0n) is 15.9. The third-order valence-electron chi connectivity index (χ3n) is 5.31. The van der Waals surface area contributed by atoms with Crippen LogP contribution >= 0.6 is 0 Å². The minimum absolute atomic E-state index is 0.344. The highest BCUT2D eigenvalue weighted by Crippen LogP contribution is 2.18. The largest absolute Gasteiger partial charge is 0.494 e. The van der Waals surface area contributed by atoms with E-state index in [9.17, 15) is 5.11 Å². The van der Waals surface area contributed by atoms with Gasteiger partial charge >= 0.3 is 0 Å². The maximum Gasteiger partial charge on any atom is 0.119 e. The molecule has 0 saturated carbocycles. The van der Waals surface area contributed by atoms with Crippen LogP contribution in [0.3, 0.4) is 0 Å². The molecule has 1 aliphatic rings. The number of likely N-dealkylation sites (tertiary alicyclic amines) is 1. The monoisotopic (exact) mass is 347 g/mol. The number of hydrogen-bond acceptors (Lipinski definition) is 3. The van der Waals surface area contributed by atoms with E-state index in [-0.39, 0.29) is 0 Å². The van der Waals surface area contributed by atoms with Crippen LogP contribution in [0, 0.1) is 0 Å². The highest BCUT2D eigenvalue weighted by Gasteiger charge is 2.22. The summed E-state index contributed by atoms with van der Waals surface area (Å²) in [5.74, 6) is 0.988. The number of aliphatic hydroxyl groups excluding tert-OH is 1. The Bertz CT molecular complexity index is 423. The van der Waals surface area contributed by atoms with Crippen molar-refractivity contribution in [3.8, 4) is 5.75 Å². The highest BCUT2D eigenvalue weighted by molar-refractivity contribution is 5.20. The van der Waals surface area contributed by atoms with Crippen LogP contribution in [0.2, 0.25) is 0 Å². The number of unbranched alkanes of at least 4 members (excludes halogenated alkanes) is 8. The number of benzene rings is 1. The average Bonchev–Trinajstić information content (AvgIpc) is 3.11. The van der Waals surface area contributed by atoms with Gasteiger partial charge in [0.15, 0.2) is 0 Å². The first-order valence-corrected chi connectivity index (χ1v) is 10.4. The fourth-order valence-corrected chi connectivity index (χ4v) is 3.76. The molecule has 0 amide bonds. The fourth-order valence-electron chi connectivity index (χ4n) is 3.76. The van der Waals surface area contributed by atoms with Gasteiger partial charge in [-0.15, -0.1) is 0 Å². The lowest BCUT2D eigenvalue weighted by Gasteiger charge is -2.22. The van der Waals surface area contributed by atoms with Crippen molar-refractivity contribution in [2.45, 2.75) is 76.7 Å². The van der Waals surface area contributed by atoms with Gasteiger partial charge in [0.05, 0.1) is 13.2 Å². The van der Waals surface area contributed by atoms with E-state index in [2.05, 4.69) is 4.90 Å². The van der Waals surface area contributed by atoms with Gasteiger partial charge in [-0.25, -0.2) is 0 Å². The Labute approximate surface area is 154 Å². The SMILES string of the molecule is OCC1CCCN1CCCCCCCCCCCOc1ccccc1. The number of nitrogens with zero attached hydrogens (tertiary/aromatic N) is 1. The first kappa shape index (κ1) is 20.3. The lowest BCUT2D eigenvalue weighted by Crippen LogP contribution is -2.32. The van der Waals surface area contributed by atoms with Gasteiger partial charge in [0.1, 0.15) is 5.75 Å². The normalized spacial score (nSPS) is 17.9. The summed E-state index contributed by atoms with van der Waals surface area (Å²) in [5.41, 5.74) is 0. The zero-order chi connectivity index (χ0) is 17.6. The lowest BCUT2D eigenvalue weighted by atomic mass is 10.1. The summed E-state index contributed by atoms with van der Waals surface area (Å²) in [6, 6.07) is 10.6. The van der Waals surface area contributed by atoms with E-state index in [1.54, 1.807) is 0 Å². The molecule has 0 aliphatic carbocycles. The van der Waals surface area contributed by atoms with Crippen LogP contribution in [0.5, 0.6) is 5.75 Å². The molecule has 1 unspecified atom stereocenters. The molecular formula is C22H37NO2. The smallest absolute Gasteiger partial charge is 0.119 e. The number of aliphatic hydroxyl groups is 1. The maximum atomic E-state index is 9.32. The Morgan fingerprint density at radius 1 is 0.880 bits per heavy atom. The van der Waals surface area contributed by atoms with Gasteiger partial charge < -0.3 is 9.84 Å². The summed E-state index contributed by atoms with van der Waals surface area (Å²) in [5, 5.41) is 9.32. The van der Waals surface area contributed by atoms with Crippen LogP contribution in [-0.4, -0.2) is 42.4 Å². The van der Waals surface area contributed by atoms with E-state index in [0.717, 1.165) is 18.8 Å². The van der Waals surface area contributed by atoms with Crippen LogP contribution in [0.4, 0.5) is 0 Å². The average molecular weight is 348 g/mol. The third-order valence-corrected chi connectivity index (χ3v) is 5.31. The molecule has 0 bridgehead atoms. The highest BCUT2D eigenvalue weighted by atomic mass is 16.5. The van der Waals surface area contributed by atoms with E-state index in [0.29, 0.717) is 12.6 Å². The van der Waals surface area contributed by atoms with Crippen LogP contribution in [0.15, 0.2) is 30.3 Å². The Balaban J connectivity index is 1.31. The molecule has 0 radical (unpaired) electrons. The van der Waals surface area contributed by atoms with Gasteiger partial charge in [-0.3, -0.25) is 4.90 Å². The first-order chi connectivity index (χ1) is 12.4. The molecule has 3 heteroatoms. The first-order valence-electron chi connectivity index (χ1n) is 10.4. The third kappa shape index (κ3) is 8.73. The van der Waals surface area contributed by atoms with Crippen molar-refractivity contribution in [3.63, 3.8) is 0 Å². The zero-order valence-corrected chi connectivity index (χ0v) is 15.9. The Morgan fingerprint density at radius 2 is 1.52 bits per heavy atom. The van der Waals surface area contributed by atoms with E-state index in [1.165, 1.54) is 77.3 Å². The molecule has 1 heterocycles. The molecule has 1 N–H and O–H groups in total. The molecule has 1 fully saturated rings. The van der Waals surface area contributed by atoms with E-state index < -0.39 is 0 Å². The van der Waals surface area contributed by atoms with Gasteiger partial charge in [-0.05, 0) is 50.9 Å². The molecule has 1 aliphatic heterocycles. The number of para-hydroxylation sites is 1. The number of hydrogen-bond donors (Lipinski definition) is 1. The molecule has 1 aromatic rings. The molecule has 2 rings (SSSR count). The van der Waals surface area contributed by atoms with Crippen LogP contribution in [-0.2, 0) is 0 Å². The molecule has 0 aromatic heterocycles. The van der Waals surface area contributed by atoms with Crippen molar-refractivity contribution in [3.05, 3.63) is 30.3 Å². The van der Waals surface area contributed by atoms with Gasteiger partial charge in [-0.1, -0.05) is 63.1 Å². The minimum Gasteiger partial charge on any atom is -0.494 e. The van der Waals surface area contributed by atoms with Crippen LogP contribution < -0.4 is 4.74 Å². The lowest BCUT2D eigenvalue weighted by molar-refractivity contribution is 0.157. The van der Waals surface area contributed by atoms with Gasteiger partial charge in [0.25, 0.3) is 0 Å². The van der Waals surface area contributed by atoms with Crippen molar-refractivity contribution in [1.82, 2.24) is 4.90 Å². The van der Waals surface area contributed by atoms with E-state index >= 15 is 0 Å². The topological polar surface area (TPSA) is 32.7 Å². The molecule has 142 valence electrons. The van der Waals surface area contributed by atoms with Gasteiger partial charge in [0, 0.05) is 6.04 Å². The van der Waals surface area contributed by atoms with Crippen molar-refractivity contribution < 1.29 is 9.84 Å². The summed E-state index contributed by atoms with van der Waals surface area (Å²) >= 11 is 0. The Morgan fingerprint density at radius 3 is 2.20 bits per heavy atom. The molecule has 0 spiro atoms. The van der Waals surface area contributed by atoms with E-state index in [1.807, 2.05) is 30.3 Å². The number of rotatable bonds is 14. The molecule has 1 atom stereocenters.